The number of carbonyl (C=O) groups excluding carboxylic acids is 1. The predicted molar refractivity (Wildman–Crippen MR) is 80.6 cm³/mol. The lowest BCUT2D eigenvalue weighted by molar-refractivity contribution is -0.116. The van der Waals surface area contributed by atoms with E-state index in [0.717, 1.165) is 21.4 Å². The van der Waals surface area contributed by atoms with Crippen molar-refractivity contribution < 1.29 is 4.79 Å². The van der Waals surface area contributed by atoms with Gasteiger partial charge in [-0.25, -0.2) is 0 Å². The van der Waals surface area contributed by atoms with E-state index in [9.17, 15) is 4.79 Å². The number of carbonyl (C=O) groups is 1. The lowest BCUT2D eigenvalue weighted by Gasteiger charge is -2.14. The van der Waals surface area contributed by atoms with Gasteiger partial charge in [0, 0.05) is 26.4 Å². The first kappa shape index (κ1) is 12.5. The summed E-state index contributed by atoms with van der Waals surface area (Å²) >= 11 is 9.34. The Morgan fingerprint density at radius 2 is 1.89 bits per heavy atom. The van der Waals surface area contributed by atoms with E-state index in [-0.39, 0.29) is 5.91 Å². The minimum absolute atomic E-state index is 0.0585. The van der Waals surface area contributed by atoms with Gasteiger partial charge in [0.15, 0.2) is 0 Å². The maximum atomic E-state index is 12.0. The average Bonchev–Trinajstić information content (AvgIpc) is 2.70. The smallest absolute Gasteiger partial charge is 0.251 e. The summed E-state index contributed by atoms with van der Waals surface area (Å²) in [5.41, 5.74) is 2.63. The standard InChI is InChI=1S/C14H10BrClN2O/c15-10-2-1-3-11-12(10)13(14(19)18-11)17-9-6-4-8(16)5-7-9/h1-7,13,17H,(H,18,19). The Bertz CT molecular complexity index is 642. The number of hydrogen-bond acceptors (Lipinski definition) is 2. The number of fused-ring (bicyclic) bond motifs is 1. The number of nitrogens with one attached hydrogen (secondary N) is 2. The van der Waals surface area contributed by atoms with Gasteiger partial charge in [-0.05, 0) is 36.4 Å². The molecular weight excluding hydrogens is 328 g/mol. The largest absolute Gasteiger partial charge is 0.370 e. The van der Waals surface area contributed by atoms with Crippen molar-refractivity contribution >= 4 is 44.8 Å². The van der Waals surface area contributed by atoms with Gasteiger partial charge in [0.1, 0.15) is 6.04 Å². The van der Waals surface area contributed by atoms with Crippen LogP contribution in [0.15, 0.2) is 46.9 Å². The normalized spacial score (nSPS) is 16.9. The third-order valence-electron chi connectivity index (χ3n) is 3.02. The van der Waals surface area contributed by atoms with E-state index < -0.39 is 6.04 Å². The summed E-state index contributed by atoms with van der Waals surface area (Å²) < 4.78 is 0.912. The van der Waals surface area contributed by atoms with Gasteiger partial charge in [-0.3, -0.25) is 4.79 Å². The molecule has 5 heteroatoms. The molecule has 2 aromatic carbocycles. The molecule has 0 saturated carbocycles. The second-order valence-corrected chi connectivity index (χ2v) is 5.57. The molecule has 0 fully saturated rings. The zero-order valence-corrected chi connectivity index (χ0v) is 12.1. The first-order chi connectivity index (χ1) is 9.15. The molecule has 1 heterocycles. The van der Waals surface area contributed by atoms with Crippen molar-refractivity contribution in [3.8, 4) is 0 Å². The SMILES string of the molecule is O=C1Nc2cccc(Br)c2C1Nc1ccc(Cl)cc1. The molecule has 3 rings (SSSR count). The van der Waals surface area contributed by atoms with Crippen LogP contribution in [0.5, 0.6) is 0 Å². The molecule has 0 aromatic heterocycles. The van der Waals surface area contributed by atoms with Gasteiger partial charge in [-0.2, -0.15) is 0 Å². The number of hydrogen-bond donors (Lipinski definition) is 2. The highest BCUT2D eigenvalue weighted by Gasteiger charge is 2.32. The fourth-order valence-electron chi connectivity index (χ4n) is 2.13. The summed E-state index contributed by atoms with van der Waals surface area (Å²) in [7, 11) is 0. The number of amides is 1. The van der Waals surface area contributed by atoms with Crippen molar-refractivity contribution in [2.24, 2.45) is 0 Å². The summed E-state index contributed by atoms with van der Waals surface area (Å²) in [4.78, 5) is 12.0. The summed E-state index contributed by atoms with van der Waals surface area (Å²) in [6.07, 6.45) is 0. The van der Waals surface area contributed by atoms with E-state index in [1.807, 2.05) is 30.3 Å². The highest BCUT2D eigenvalue weighted by Crippen LogP contribution is 2.38. The highest BCUT2D eigenvalue weighted by atomic mass is 79.9. The predicted octanol–water partition coefficient (Wildman–Crippen LogP) is 4.21. The van der Waals surface area contributed by atoms with E-state index in [1.165, 1.54) is 0 Å². The third-order valence-corrected chi connectivity index (χ3v) is 3.96. The molecule has 0 saturated heterocycles. The zero-order valence-electron chi connectivity index (χ0n) is 9.78. The molecule has 1 unspecified atom stereocenters. The fraction of sp³-hybridized carbons (Fsp3) is 0.0714. The molecule has 19 heavy (non-hydrogen) atoms. The maximum Gasteiger partial charge on any atom is 0.251 e. The Morgan fingerprint density at radius 3 is 2.63 bits per heavy atom. The molecule has 3 nitrogen and oxygen atoms in total. The Labute approximate surface area is 124 Å². The number of rotatable bonds is 2. The van der Waals surface area contributed by atoms with Crippen LogP contribution in [0.4, 0.5) is 11.4 Å². The molecule has 1 atom stereocenters. The van der Waals surface area contributed by atoms with Crippen molar-refractivity contribution in [1.29, 1.82) is 0 Å². The number of benzene rings is 2. The van der Waals surface area contributed by atoms with Gasteiger partial charge in [0.2, 0.25) is 0 Å². The second kappa shape index (κ2) is 4.87. The monoisotopic (exact) mass is 336 g/mol. The molecule has 1 aliphatic rings. The Morgan fingerprint density at radius 1 is 1.16 bits per heavy atom. The van der Waals surface area contributed by atoms with Gasteiger partial charge < -0.3 is 10.6 Å². The fourth-order valence-corrected chi connectivity index (χ4v) is 2.85. The summed E-state index contributed by atoms with van der Waals surface area (Å²) in [5.74, 6) is -0.0585. The van der Waals surface area contributed by atoms with Gasteiger partial charge in [0.25, 0.3) is 5.91 Å². The lowest BCUT2D eigenvalue weighted by atomic mass is 10.1. The van der Waals surface area contributed by atoms with Gasteiger partial charge in [0.05, 0.1) is 0 Å². The minimum Gasteiger partial charge on any atom is -0.370 e. The lowest BCUT2D eigenvalue weighted by Crippen LogP contribution is -2.19. The highest BCUT2D eigenvalue weighted by molar-refractivity contribution is 9.10. The quantitative estimate of drug-likeness (QED) is 0.862. The van der Waals surface area contributed by atoms with Crippen LogP contribution in [0.25, 0.3) is 0 Å². The molecule has 1 amide bonds. The van der Waals surface area contributed by atoms with Crippen LogP contribution in [0.2, 0.25) is 5.02 Å². The molecule has 96 valence electrons. The van der Waals surface area contributed by atoms with Crippen LogP contribution in [-0.4, -0.2) is 5.91 Å². The van der Waals surface area contributed by atoms with Crippen LogP contribution >= 0.6 is 27.5 Å². The van der Waals surface area contributed by atoms with Crippen LogP contribution < -0.4 is 10.6 Å². The number of halogens is 2. The molecule has 0 spiro atoms. The van der Waals surface area contributed by atoms with E-state index in [2.05, 4.69) is 26.6 Å². The topological polar surface area (TPSA) is 41.1 Å². The molecule has 1 aliphatic heterocycles. The van der Waals surface area contributed by atoms with Gasteiger partial charge >= 0.3 is 0 Å². The summed E-state index contributed by atoms with van der Waals surface area (Å²) in [5, 5.41) is 6.75. The molecule has 0 radical (unpaired) electrons. The molecular formula is C14H10BrClN2O. The van der Waals surface area contributed by atoms with Gasteiger partial charge in [-0.15, -0.1) is 0 Å². The zero-order chi connectivity index (χ0) is 13.4. The van der Waals surface area contributed by atoms with Crippen LogP contribution in [-0.2, 0) is 4.79 Å². The van der Waals surface area contributed by atoms with Crippen molar-refractivity contribution in [3.63, 3.8) is 0 Å². The number of anilines is 2. The second-order valence-electron chi connectivity index (χ2n) is 4.27. The molecule has 2 N–H and O–H groups in total. The summed E-state index contributed by atoms with van der Waals surface area (Å²) in [6, 6.07) is 12.6. The van der Waals surface area contributed by atoms with Crippen LogP contribution in [0, 0.1) is 0 Å². The van der Waals surface area contributed by atoms with E-state index in [0.29, 0.717) is 5.02 Å². The first-order valence-electron chi connectivity index (χ1n) is 5.76. The van der Waals surface area contributed by atoms with Gasteiger partial charge in [-0.1, -0.05) is 33.6 Å². The van der Waals surface area contributed by atoms with Crippen molar-refractivity contribution in [3.05, 3.63) is 57.5 Å². The Hall–Kier alpha value is -1.52. The van der Waals surface area contributed by atoms with Crippen molar-refractivity contribution in [2.45, 2.75) is 6.04 Å². The first-order valence-corrected chi connectivity index (χ1v) is 6.93. The Balaban J connectivity index is 1.94. The van der Waals surface area contributed by atoms with E-state index in [1.54, 1.807) is 12.1 Å². The van der Waals surface area contributed by atoms with Crippen molar-refractivity contribution in [2.75, 3.05) is 10.6 Å². The minimum atomic E-state index is -0.397. The average molecular weight is 338 g/mol. The summed E-state index contributed by atoms with van der Waals surface area (Å²) in [6.45, 7) is 0. The molecule has 0 bridgehead atoms. The van der Waals surface area contributed by atoms with Crippen LogP contribution in [0.1, 0.15) is 11.6 Å². The third kappa shape index (κ3) is 2.33. The van der Waals surface area contributed by atoms with E-state index >= 15 is 0 Å². The van der Waals surface area contributed by atoms with E-state index in [4.69, 9.17) is 11.6 Å². The maximum absolute atomic E-state index is 12.0. The molecule has 2 aromatic rings. The van der Waals surface area contributed by atoms with Crippen LogP contribution in [0.3, 0.4) is 0 Å². The Kier molecular flexibility index (Phi) is 3.21. The van der Waals surface area contributed by atoms with Crippen molar-refractivity contribution in [1.82, 2.24) is 0 Å². The molecule has 0 aliphatic carbocycles.